The number of fused-ring (bicyclic) bond motifs is 6. The van der Waals surface area contributed by atoms with E-state index in [-0.39, 0.29) is 91.1 Å². The third kappa shape index (κ3) is 12.5. The van der Waals surface area contributed by atoms with E-state index in [0.29, 0.717) is 64.2 Å². The van der Waals surface area contributed by atoms with Gasteiger partial charge in [-0.1, -0.05) is 62.0 Å². The summed E-state index contributed by atoms with van der Waals surface area (Å²) in [5.41, 5.74) is -0.724. The number of unbranched alkanes of at least 4 members (excludes halogenated alkanes) is 2. The monoisotopic (exact) mass is 794 g/mol. The van der Waals surface area contributed by atoms with Crippen LogP contribution in [0, 0.1) is 23.7 Å². The van der Waals surface area contributed by atoms with Gasteiger partial charge in [-0.15, -0.1) is 0 Å². The molecule has 0 aromatic heterocycles. The van der Waals surface area contributed by atoms with E-state index in [1.165, 1.54) is 20.3 Å². The quantitative estimate of drug-likeness (QED) is 0.0617. The van der Waals surface area contributed by atoms with E-state index in [1.54, 1.807) is 0 Å². The fraction of sp³-hybridized carbons (Fsp3) is 0.711. The molecule has 2 saturated heterocycles. The van der Waals surface area contributed by atoms with Gasteiger partial charge in [0.25, 0.3) is 0 Å². The molecule has 12 heteroatoms. The Morgan fingerprint density at radius 2 is 1.30 bits per heavy atom. The summed E-state index contributed by atoms with van der Waals surface area (Å²) < 4.78 is 30.0. The standard InChI is InChI=1S/C45H66N2O10/c1-4-5-6-7-8-9-10-11-12-13-14-15-16-17-18-19-42(50)46-26-27-53-44(52)47-33-20-23-37-36(28-33)43(51)57-45(37)38-24-21-34(54-31(2)48)29-40(38)56-41-30-35(55-32(3)49)22-25-39(41)45/h6-7,9-10,12-13,15-16,33-41H,4-5,8,11,14,17-30H2,1-3H3,(H,46,50)(H,47,52)/b7-6-,10-9-,13-12-,16-15-. The highest BCUT2D eigenvalue weighted by molar-refractivity contribution is 5.77. The van der Waals surface area contributed by atoms with Crippen LogP contribution < -0.4 is 10.6 Å². The number of hydrogen-bond donors (Lipinski definition) is 2. The van der Waals surface area contributed by atoms with Crippen LogP contribution in [0.3, 0.4) is 0 Å². The number of carbonyl (C=O) groups excluding carboxylic acids is 5. The van der Waals surface area contributed by atoms with Crippen LogP contribution >= 0.6 is 0 Å². The SMILES string of the molecule is CCC/C=C\C/C=C\C/C=C\C/C=C\CCCC(=O)NCCOC(=O)NC1CCC2C(C1)C(=O)OC21C2CCC(OC(C)=O)CC2OC2CC(OC(C)=O)CCC21. The molecule has 3 aliphatic carbocycles. The largest absolute Gasteiger partial charge is 0.462 e. The lowest BCUT2D eigenvalue weighted by molar-refractivity contribution is -0.269. The third-order valence-electron chi connectivity index (χ3n) is 12.4. The molecule has 2 amide bonds. The maximum atomic E-state index is 13.8. The Kier molecular flexibility index (Phi) is 17.3. The van der Waals surface area contributed by atoms with Gasteiger partial charge < -0.3 is 34.3 Å². The molecule has 0 radical (unpaired) electrons. The number of allylic oxidation sites excluding steroid dienone is 8. The molecule has 2 heterocycles. The number of nitrogens with one attached hydrogen (secondary N) is 2. The summed E-state index contributed by atoms with van der Waals surface area (Å²) in [5.74, 6) is -1.45. The van der Waals surface area contributed by atoms with Crippen molar-refractivity contribution < 1.29 is 47.7 Å². The zero-order chi connectivity index (χ0) is 40.6. The second-order valence-corrected chi connectivity index (χ2v) is 16.4. The van der Waals surface area contributed by atoms with E-state index < -0.39 is 11.7 Å². The molecule has 0 aromatic rings. The Hall–Kier alpha value is -3.93. The summed E-state index contributed by atoms with van der Waals surface area (Å²) in [4.78, 5) is 62.5. The number of amides is 2. The number of rotatable bonds is 18. The van der Waals surface area contributed by atoms with Crippen molar-refractivity contribution in [3.8, 4) is 0 Å². The molecule has 5 fully saturated rings. The molecule has 5 rings (SSSR count). The summed E-state index contributed by atoms with van der Waals surface area (Å²) in [6, 6.07) is -0.245. The second kappa shape index (κ2) is 22.3. The molecule has 316 valence electrons. The lowest BCUT2D eigenvalue weighted by Gasteiger charge is -2.59. The average molecular weight is 795 g/mol. The number of esters is 3. The van der Waals surface area contributed by atoms with Gasteiger partial charge in [0.2, 0.25) is 5.91 Å². The highest BCUT2D eigenvalue weighted by Gasteiger charge is 2.69. The number of ether oxygens (including phenoxy) is 5. The Bertz CT molecular complexity index is 1450. The minimum atomic E-state index is -0.724. The maximum absolute atomic E-state index is 13.8. The average Bonchev–Trinajstić information content (AvgIpc) is 3.45. The van der Waals surface area contributed by atoms with Crippen LogP contribution in [-0.4, -0.2) is 79.1 Å². The van der Waals surface area contributed by atoms with Crippen molar-refractivity contribution in [3.05, 3.63) is 48.6 Å². The minimum absolute atomic E-state index is 0.0379. The van der Waals surface area contributed by atoms with Gasteiger partial charge >= 0.3 is 24.0 Å². The van der Waals surface area contributed by atoms with Crippen molar-refractivity contribution in [1.29, 1.82) is 0 Å². The van der Waals surface area contributed by atoms with E-state index in [4.69, 9.17) is 23.7 Å². The molecular weight excluding hydrogens is 728 g/mol. The van der Waals surface area contributed by atoms with Crippen molar-refractivity contribution in [2.45, 2.75) is 166 Å². The predicted octanol–water partition coefficient (Wildman–Crippen LogP) is 7.51. The van der Waals surface area contributed by atoms with Crippen LogP contribution in [0.2, 0.25) is 0 Å². The minimum Gasteiger partial charge on any atom is -0.462 e. The zero-order valence-electron chi connectivity index (χ0n) is 34.3. The fourth-order valence-corrected chi connectivity index (χ4v) is 10.1. The highest BCUT2D eigenvalue weighted by atomic mass is 16.6. The Labute approximate surface area is 338 Å². The van der Waals surface area contributed by atoms with Gasteiger partial charge in [0, 0.05) is 56.9 Å². The van der Waals surface area contributed by atoms with Gasteiger partial charge in [0.05, 0.1) is 24.7 Å². The molecule has 57 heavy (non-hydrogen) atoms. The van der Waals surface area contributed by atoms with Crippen LogP contribution in [0.15, 0.2) is 48.6 Å². The zero-order valence-corrected chi connectivity index (χ0v) is 34.3. The van der Waals surface area contributed by atoms with E-state index in [1.807, 2.05) is 0 Å². The summed E-state index contributed by atoms with van der Waals surface area (Å²) in [6.07, 6.45) is 28.5. The summed E-state index contributed by atoms with van der Waals surface area (Å²) in [6.45, 7) is 5.28. The first-order chi connectivity index (χ1) is 27.6. The van der Waals surface area contributed by atoms with E-state index in [0.717, 1.165) is 38.5 Å². The summed E-state index contributed by atoms with van der Waals surface area (Å²) in [5, 5.41) is 5.77. The molecule has 9 atom stereocenters. The van der Waals surface area contributed by atoms with Gasteiger partial charge in [-0.3, -0.25) is 19.2 Å². The van der Waals surface area contributed by atoms with Crippen LogP contribution in [0.1, 0.15) is 130 Å². The smallest absolute Gasteiger partial charge is 0.407 e. The third-order valence-corrected chi connectivity index (χ3v) is 12.4. The highest BCUT2D eigenvalue weighted by Crippen LogP contribution is 2.61. The Morgan fingerprint density at radius 3 is 1.88 bits per heavy atom. The molecule has 3 saturated carbocycles. The topological polar surface area (TPSA) is 156 Å². The van der Waals surface area contributed by atoms with E-state index >= 15 is 0 Å². The molecule has 12 nitrogen and oxygen atoms in total. The number of hydrogen-bond acceptors (Lipinski definition) is 10. The van der Waals surface area contributed by atoms with Gasteiger partial charge in [-0.2, -0.15) is 0 Å². The molecule has 0 bridgehead atoms. The van der Waals surface area contributed by atoms with Gasteiger partial charge in [0.15, 0.2) is 0 Å². The molecule has 5 aliphatic rings. The molecule has 0 aromatic carbocycles. The molecule has 1 spiro atoms. The van der Waals surface area contributed by atoms with Crippen LogP contribution in [0.25, 0.3) is 0 Å². The normalized spacial score (nSPS) is 32.2. The number of carbonyl (C=O) groups is 5. The van der Waals surface area contributed by atoms with Crippen molar-refractivity contribution >= 4 is 29.9 Å². The van der Waals surface area contributed by atoms with Crippen LogP contribution in [0.5, 0.6) is 0 Å². The Morgan fingerprint density at radius 1 is 0.737 bits per heavy atom. The van der Waals surface area contributed by atoms with E-state index in [2.05, 4.69) is 66.2 Å². The molecule has 2 aliphatic heterocycles. The van der Waals surface area contributed by atoms with Gasteiger partial charge in [-0.25, -0.2) is 4.79 Å². The molecular formula is C45H66N2O10. The number of alkyl carbamates (subject to hydrolysis) is 1. The van der Waals surface area contributed by atoms with Crippen molar-refractivity contribution in [2.24, 2.45) is 23.7 Å². The predicted molar refractivity (Wildman–Crippen MR) is 215 cm³/mol. The lowest BCUT2D eigenvalue weighted by Crippen LogP contribution is -2.66. The first-order valence-corrected chi connectivity index (χ1v) is 21.6. The van der Waals surface area contributed by atoms with Crippen molar-refractivity contribution in [2.75, 3.05) is 13.2 Å². The summed E-state index contributed by atoms with van der Waals surface area (Å²) >= 11 is 0. The van der Waals surface area contributed by atoms with Crippen molar-refractivity contribution in [1.82, 2.24) is 10.6 Å². The van der Waals surface area contributed by atoms with Gasteiger partial charge in [0.1, 0.15) is 24.4 Å². The first kappa shape index (κ1) is 44.2. The lowest BCUT2D eigenvalue weighted by atomic mass is 9.54. The fourth-order valence-electron chi connectivity index (χ4n) is 10.1. The van der Waals surface area contributed by atoms with E-state index in [9.17, 15) is 24.0 Å². The van der Waals surface area contributed by atoms with Gasteiger partial charge in [-0.05, 0) is 83.5 Å². The Balaban J connectivity index is 1.01. The first-order valence-electron chi connectivity index (χ1n) is 21.6. The maximum Gasteiger partial charge on any atom is 0.407 e. The summed E-state index contributed by atoms with van der Waals surface area (Å²) in [7, 11) is 0. The van der Waals surface area contributed by atoms with Crippen LogP contribution in [-0.2, 0) is 42.9 Å². The molecule has 2 N–H and O–H groups in total. The molecule has 9 unspecified atom stereocenters. The second-order valence-electron chi connectivity index (χ2n) is 16.4. The van der Waals surface area contributed by atoms with Crippen molar-refractivity contribution in [3.63, 3.8) is 0 Å². The van der Waals surface area contributed by atoms with Crippen LogP contribution in [0.4, 0.5) is 4.79 Å².